The van der Waals surface area contributed by atoms with Crippen LogP contribution in [0.2, 0.25) is 0 Å². The summed E-state index contributed by atoms with van der Waals surface area (Å²) in [5.74, 6) is 0.0768. The first-order chi connectivity index (χ1) is 11.3. The van der Waals surface area contributed by atoms with Gasteiger partial charge >= 0.3 is 0 Å². The van der Waals surface area contributed by atoms with E-state index >= 15 is 0 Å². The van der Waals surface area contributed by atoms with Crippen LogP contribution in [0.4, 0.5) is 4.39 Å². The van der Waals surface area contributed by atoms with Crippen LogP contribution in [0.5, 0.6) is 0 Å². The van der Waals surface area contributed by atoms with Crippen LogP contribution in [0.1, 0.15) is 58.1 Å². The van der Waals surface area contributed by atoms with Crippen molar-refractivity contribution in [3.63, 3.8) is 0 Å². The molecule has 0 aliphatic heterocycles. The van der Waals surface area contributed by atoms with E-state index in [2.05, 4.69) is 51.7 Å². The van der Waals surface area contributed by atoms with Crippen LogP contribution in [-0.2, 0) is 0 Å². The third-order valence-corrected chi connectivity index (χ3v) is 4.25. The molecule has 0 aliphatic rings. The van der Waals surface area contributed by atoms with E-state index < -0.39 is 0 Å². The summed E-state index contributed by atoms with van der Waals surface area (Å²) < 4.78 is 14.8. The molecule has 0 fully saturated rings. The molecule has 24 heavy (non-hydrogen) atoms. The summed E-state index contributed by atoms with van der Waals surface area (Å²) in [4.78, 5) is 0. The smallest absolute Gasteiger partial charge is 0.127 e. The van der Waals surface area contributed by atoms with Crippen LogP contribution in [0.25, 0.3) is 0 Å². The fourth-order valence-corrected chi connectivity index (χ4v) is 3.01. The Labute approximate surface area is 147 Å². The number of rotatable bonds is 7. The van der Waals surface area contributed by atoms with Crippen LogP contribution < -0.4 is 0 Å². The Morgan fingerprint density at radius 2 is 1.88 bits per heavy atom. The van der Waals surface area contributed by atoms with Crippen molar-refractivity contribution in [2.24, 2.45) is 5.92 Å². The van der Waals surface area contributed by atoms with Gasteiger partial charge in [0.15, 0.2) is 0 Å². The predicted octanol–water partition coefficient (Wildman–Crippen LogP) is 7.29. The number of aryl methyl sites for hydroxylation is 1. The zero-order valence-corrected chi connectivity index (χ0v) is 16.0. The molecule has 2 unspecified atom stereocenters. The van der Waals surface area contributed by atoms with Gasteiger partial charge in [0.25, 0.3) is 0 Å². The standard InChI is InChI=1S/C23H31F/c1-8-10-19(9-2)23(20(17(5)6)13-11-16(3)4)21-14-12-18(7)15-22(21)24/h8,10-15,19,23H,5,9H2,1-4,6-7H3/b10-8+,20-13+. The Morgan fingerprint density at radius 1 is 1.21 bits per heavy atom. The minimum Gasteiger partial charge on any atom is -0.207 e. The van der Waals surface area contributed by atoms with E-state index in [-0.39, 0.29) is 17.7 Å². The quantitative estimate of drug-likeness (QED) is 0.364. The highest BCUT2D eigenvalue weighted by atomic mass is 19.1. The highest BCUT2D eigenvalue weighted by molar-refractivity contribution is 5.44. The van der Waals surface area contributed by atoms with Gasteiger partial charge in [-0.05, 0) is 69.7 Å². The summed E-state index contributed by atoms with van der Waals surface area (Å²) in [7, 11) is 0. The van der Waals surface area contributed by atoms with E-state index in [1.807, 2.05) is 32.9 Å². The van der Waals surface area contributed by atoms with Crippen LogP contribution in [-0.4, -0.2) is 0 Å². The van der Waals surface area contributed by atoms with Gasteiger partial charge in [0.1, 0.15) is 5.82 Å². The van der Waals surface area contributed by atoms with Crippen molar-refractivity contribution in [1.29, 1.82) is 0 Å². The minimum atomic E-state index is -0.132. The lowest BCUT2D eigenvalue weighted by molar-refractivity contribution is 0.513. The summed E-state index contributed by atoms with van der Waals surface area (Å²) in [5.41, 5.74) is 5.00. The molecule has 1 rings (SSSR count). The Balaban J connectivity index is 3.60. The molecule has 0 radical (unpaired) electrons. The van der Waals surface area contributed by atoms with E-state index in [1.165, 1.54) is 5.57 Å². The lowest BCUT2D eigenvalue weighted by atomic mass is 9.76. The third kappa shape index (κ3) is 5.33. The average molecular weight is 326 g/mol. The van der Waals surface area contributed by atoms with E-state index in [4.69, 9.17) is 0 Å². The van der Waals surface area contributed by atoms with Gasteiger partial charge in [-0.25, -0.2) is 4.39 Å². The monoisotopic (exact) mass is 326 g/mol. The van der Waals surface area contributed by atoms with Gasteiger partial charge in [0, 0.05) is 5.92 Å². The maximum absolute atomic E-state index is 14.8. The van der Waals surface area contributed by atoms with Gasteiger partial charge in [-0.2, -0.15) is 0 Å². The molecular weight excluding hydrogens is 295 g/mol. The molecule has 1 heteroatoms. The van der Waals surface area contributed by atoms with Crippen molar-refractivity contribution in [2.45, 2.75) is 53.9 Å². The maximum atomic E-state index is 14.8. The Hall–Kier alpha value is -1.89. The van der Waals surface area contributed by atoms with Crippen molar-refractivity contribution >= 4 is 0 Å². The number of halogens is 1. The second-order valence-electron chi connectivity index (χ2n) is 6.75. The van der Waals surface area contributed by atoms with Crippen LogP contribution >= 0.6 is 0 Å². The third-order valence-electron chi connectivity index (χ3n) is 4.25. The topological polar surface area (TPSA) is 0 Å². The molecule has 0 bridgehead atoms. The largest absolute Gasteiger partial charge is 0.207 e. The van der Waals surface area contributed by atoms with Crippen LogP contribution in [0.15, 0.2) is 65.8 Å². The number of hydrogen-bond acceptors (Lipinski definition) is 0. The number of hydrogen-bond donors (Lipinski definition) is 0. The van der Waals surface area contributed by atoms with Gasteiger partial charge in [-0.1, -0.05) is 61.1 Å². The molecule has 0 saturated heterocycles. The molecule has 0 amide bonds. The Morgan fingerprint density at radius 3 is 2.33 bits per heavy atom. The summed E-state index contributed by atoms with van der Waals surface area (Å²) in [5, 5.41) is 0. The van der Waals surface area contributed by atoms with Crippen molar-refractivity contribution in [2.75, 3.05) is 0 Å². The van der Waals surface area contributed by atoms with Gasteiger partial charge in [0.05, 0.1) is 0 Å². The molecule has 0 heterocycles. The molecule has 0 N–H and O–H groups in total. The summed E-state index contributed by atoms with van der Waals surface area (Å²) in [6, 6.07) is 5.55. The van der Waals surface area contributed by atoms with E-state index in [1.54, 1.807) is 6.07 Å². The van der Waals surface area contributed by atoms with Crippen molar-refractivity contribution in [3.05, 3.63) is 82.7 Å². The Kier molecular flexibility index (Phi) is 7.91. The summed E-state index contributed by atoms with van der Waals surface area (Å²) in [6.45, 7) is 16.4. The molecule has 130 valence electrons. The summed E-state index contributed by atoms with van der Waals surface area (Å²) >= 11 is 0. The molecular formula is C23H31F. The highest BCUT2D eigenvalue weighted by Gasteiger charge is 2.26. The van der Waals surface area contributed by atoms with Gasteiger partial charge in [-0.15, -0.1) is 0 Å². The number of allylic oxidation sites excluding steroid dienone is 7. The fourth-order valence-electron chi connectivity index (χ4n) is 3.01. The highest BCUT2D eigenvalue weighted by Crippen LogP contribution is 2.39. The minimum absolute atomic E-state index is 0.0279. The normalized spacial score (nSPS) is 14.5. The fraction of sp³-hybridized carbons (Fsp3) is 0.391. The van der Waals surface area contributed by atoms with E-state index in [9.17, 15) is 4.39 Å². The first-order valence-electron chi connectivity index (χ1n) is 8.71. The van der Waals surface area contributed by atoms with E-state index in [0.29, 0.717) is 0 Å². The lowest BCUT2D eigenvalue weighted by Gasteiger charge is -2.28. The van der Waals surface area contributed by atoms with Gasteiger partial charge in [0.2, 0.25) is 0 Å². The maximum Gasteiger partial charge on any atom is 0.127 e. The molecule has 0 saturated carbocycles. The second kappa shape index (κ2) is 9.42. The number of benzene rings is 1. The van der Waals surface area contributed by atoms with Crippen molar-refractivity contribution in [3.8, 4) is 0 Å². The molecule has 0 nitrogen and oxygen atoms in total. The SMILES string of the molecule is C=C(C)/C(=C\C=C(C)C)C(c1ccc(C)cc1F)C(/C=C/C)CC. The van der Waals surface area contributed by atoms with Crippen molar-refractivity contribution < 1.29 is 4.39 Å². The van der Waals surface area contributed by atoms with Crippen molar-refractivity contribution in [1.82, 2.24) is 0 Å². The van der Waals surface area contributed by atoms with Crippen LogP contribution in [0, 0.1) is 18.7 Å². The molecule has 1 aromatic rings. The van der Waals surface area contributed by atoms with E-state index in [0.717, 1.165) is 28.7 Å². The molecule has 0 aliphatic carbocycles. The van der Waals surface area contributed by atoms with Gasteiger partial charge in [-0.3, -0.25) is 0 Å². The second-order valence-corrected chi connectivity index (χ2v) is 6.75. The average Bonchev–Trinajstić information content (AvgIpc) is 2.50. The Bertz CT molecular complexity index is 655. The first-order valence-corrected chi connectivity index (χ1v) is 8.71. The zero-order valence-electron chi connectivity index (χ0n) is 16.0. The molecule has 2 atom stereocenters. The molecule has 0 aromatic heterocycles. The van der Waals surface area contributed by atoms with Crippen LogP contribution in [0.3, 0.4) is 0 Å². The lowest BCUT2D eigenvalue weighted by Crippen LogP contribution is -2.15. The zero-order chi connectivity index (χ0) is 18.3. The summed E-state index contributed by atoms with van der Waals surface area (Å²) in [6.07, 6.45) is 9.38. The van der Waals surface area contributed by atoms with Gasteiger partial charge < -0.3 is 0 Å². The molecule has 0 spiro atoms. The molecule has 1 aromatic carbocycles. The predicted molar refractivity (Wildman–Crippen MR) is 105 cm³/mol. The first kappa shape index (κ1) is 20.2.